The lowest BCUT2D eigenvalue weighted by atomic mass is 9.96. The van der Waals surface area contributed by atoms with Gasteiger partial charge in [-0.2, -0.15) is 11.8 Å². The summed E-state index contributed by atoms with van der Waals surface area (Å²) in [4.78, 5) is 14.1. The maximum absolute atomic E-state index is 12.1. The molecule has 1 atom stereocenters. The number of rotatable bonds is 2. The monoisotopic (exact) mass is 286 g/mol. The molecule has 3 aliphatic rings. The van der Waals surface area contributed by atoms with Crippen LogP contribution in [0.25, 0.3) is 0 Å². The predicted octanol–water partition coefficient (Wildman–Crippen LogP) is 1.29. The Labute approximate surface area is 118 Å². The van der Waals surface area contributed by atoms with Crippen LogP contribution in [0, 0.1) is 5.92 Å². The summed E-state index contributed by atoms with van der Waals surface area (Å²) in [6.07, 6.45) is 3.04. The van der Waals surface area contributed by atoms with Crippen LogP contribution in [-0.4, -0.2) is 61.1 Å². The molecular weight excluding hydrogens is 264 g/mol. The number of thioether (sulfide) groups is 1. The first kappa shape index (κ1) is 13.5. The van der Waals surface area contributed by atoms with Crippen molar-refractivity contribution in [3.63, 3.8) is 0 Å². The zero-order valence-corrected chi connectivity index (χ0v) is 12.0. The smallest absolute Gasteiger partial charge is 0.317 e. The first-order chi connectivity index (χ1) is 9.33. The summed E-state index contributed by atoms with van der Waals surface area (Å²) in [6, 6.07) is 0.482. The molecule has 108 valence electrons. The molecule has 3 heterocycles. The van der Waals surface area contributed by atoms with Crippen molar-refractivity contribution in [2.24, 2.45) is 5.92 Å². The van der Waals surface area contributed by atoms with Crippen LogP contribution in [0.4, 0.5) is 4.79 Å². The van der Waals surface area contributed by atoms with Gasteiger partial charge in [-0.1, -0.05) is 0 Å². The van der Waals surface area contributed by atoms with Crippen LogP contribution in [0.3, 0.4) is 0 Å². The summed E-state index contributed by atoms with van der Waals surface area (Å²) < 4.78 is 11.1. The van der Waals surface area contributed by atoms with Gasteiger partial charge in [-0.3, -0.25) is 0 Å². The normalized spacial score (nSPS) is 29.9. The number of nitrogens with one attached hydrogen (secondary N) is 1. The number of nitrogens with zero attached hydrogens (tertiary/aromatic N) is 1. The molecule has 0 aromatic heterocycles. The molecule has 0 bridgehead atoms. The fourth-order valence-electron chi connectivity index (χ4n) is 2.94. The standard InChI is InChI=1S/C13H22N2O3S/c16-13(14-11-3-8-19-9-11)15-4-1-10(2-5-15)12-17-6-7-18-12/h10-12H,1-9H2,(H,14,16)/t11-/m1/s1. The van der Waals surface area contributed by atoms with E-state index in [2.05, 4.69) is 5.32 Å². The van der Waals surface area contributed by atoms with Crippen molar-refractivity contribution in [2.75, 3.05) is 37.8 Å². The van der Waals surface area contributed by atoms with Gasteiger partial charge >= 0.3 is 6.03 Å². The lowest BCUT2D eigenvalue weighted by molar-refractivity contribution is -0.0952. The van der Waals surface area contributed by atoms with Crippen LogP contribution in [0.15, 0.2) is 0 Å². The van der Waals surface area contributed by atoms with Gasteiger partial charge in [0.25, 0.3) is 0 Å². The maximum Gasteiger partial charge on any atom is 0.317 e. The van der Waals surface area contributed by atoms with Crippen molar-refractivity contribution in [1.29, 1.82) is 0 Å². The molecule has 3 saturated heterocycles. The summed E-state index contributed by atoms with van der Waals surface area (Å²) in [5, 5.41) is 3.14. The molecule has 3 rings (SSSR count). The third-order valence-corrected chi connectivity index (χ3v) is 5.28. The maximum atomic E-state index is 12.1. The minimum Gasteiger partial charge on any atom is -0.350 e. The zero-order valence-electron chi connectivity index (χ0n) is 11.2. The van der Waals surface area contributed by atoms with E-state index in [4.69, 9.17) is 9.47 Å². The summed E-state index contributed by atoms with van der Waals surface area (Å²) >= 11 is 1.92. The van der Waals surface area contributed by atoms with Gasteiger partial charge in [0.05, 0.1) is 13.2 Å². The third kappa shape index (κ3) is 3.35. The van der Waals surface area contributed by atoms with Crippen LogP contribution in [-0.2, 0) is 9.47 Å². The minimum atomic E-state index is -0.0311. The topological polar surface area (TPSA) is 50.8 Å². The number of piperidine rings is 1. The number of likely N-dealkylation sites (tertiary alicyclic amines) is 1. The molecular formula is C13H22N2O3S. The van der Waals surface area contributed by atoms with Crippen LogP contribution in [0.2, 0.25) is 0 Å². The number of ether oxygens (including phenoxy) is 2. The van der Waals surface area contributed by atoms with Crippen LogP contribution >= 0.6 is 11.8 Å². The Hall–Kier alpha value is -0.460. The Kier molecular flexibility index (Phi) is 4.50. The molecule has 0 radical (unpaired) electrons. The van der Waals surface area contributed by atoms with E-state index in [9.17, 15) is 4.79 Å². The molecule has 0 unspecified atom stereocenters. The highest BCUT2D eigenvalue weighted by Gasteiger charge is 2.32. The van der Waals surface area contributed by atoms with E-state index < -0.39 is 0 Å². The lowest BCUT2D eigenvalue weighted by Crippen LogP contribution is -2.49. The van der Waals surface area contributed by atoms with Gasteiger partial charge in [0, 0.05) is 30.8 Å². The fraction of sp³-hybridized carbons (Fsp3) is 0.923. The zero-order chi connectivity index (χ0) is 13.1. The first-order valence-corrected chi connectivity index (χ1v) is 8.35. The average molecular weight is 286 g/mol. The van der Waals surface area contributed by atoms with Crippen LogP contribution in [0.1, 0.15) is 19.3 Å². The second-order valence-electron chi connectivity index (χ2n) is 5.44. The van der Waals surface area contributed by atoms with Crippen LogP contribution in [0.5, 0.6) is 0 Å². The van der Waals surface area contributed by atoms with Gasteiger partial charge < -0.3 is 19.7 Å². The van der Waals surface area contributed by atoms with E-state index in [1.165, 1.54) is 5.75 Å². The van der Waals surface area contributed by atoms with E-state index >= 15 is 0 Å². The molecule has 5 nitrogen and oxygen atoms in total. The van der Waals surface area contributed by atoms with E-state index in [0.717, 1.165) is 38.1 Å². The Morgan fingerprint density at radius 3 is 2.53 bits per heavy atom. The molecule has 2 amide bonds. The summed E-state index contributed by atoms with van der Waals surface area (Å²) in [7, 11) is 0. The molecule has 1 N–H and O–H groups in total. The quantitative estimate of drug-likeness (QED) is 0.831. The molecule has 0 aliphatic carbocycles. The molecule has 0 aromatic carbocycles. The molecule has 0 spiro atoms. The lowest BCUT2D eigenvalue weighted by Gasteiger charge is -2.34. The number of hydrogen-bond acceptors (Lipinski definition) is 4. The Bertz CT molecular complexity index is 309. The molecule has 3 aliphatic heterocycles. The SMILES string of the molecule is O=C(N[C@@H]1CCSC1)N1CCC(C2OCCO2)CC1. The van der Waals surface area contributed by atoms with Crippen molar-refractivity contribution in [3.05, 3.63) is 0 Å². The molecule has 6 heteroatoms. The molecule has 0 aromatic rings. The van der Waals surface area contributed by atoms with Gasteiger partial charge in [0.2, 0.25) is 0 Å². The number of hydrogen-bond donors (Lipinski definition) is 1. The number of amides is 2. The van der Waals surface area contributed by atoms with Crippen molar-refractivity contribution in [3.8, 4) is 0 Å². The van der Waals surface area contributed by atoms with Gasteiger partial charge in [-0.05, 0) is 25.0 Å². The summed E-state index contributed by atoms with van der Waals surface area (Å²) in [6.45, 7) is 3.06. The molecule has 3 fully saturated rings. The average Bonchev–Trinajstić information content (AvgIpc) is 3.12. The van der Waals surface area contributed by atoms with E-state index in [1.807, 2.05) is 16.7 Å². The number of carbonyl (C=O) groups excluding carboxylic acids is 1. The largest absolute Gasteiger partial charge is 0.350 e. The number of carbonyl (C=O) groups is 1. The summed E-state index contributed by atoms with van der Waals surface area (Å²) in [5.41, 5.74) is 0. The summed E-state index contributed by atoms with van der Waals surface area (Å²) in [5.74, 6) is 2.68. The minimum absolute atomic E-state index is 0.0311. The number of urea groups is 1. The Morgan fingerprint density at radius 2 is 1.89 bits per heavy atom. The highest BCUT2D eigenvalue weighted by atomic mass is 32.2. The van der Waals surface area contributed by atoms with Crippen molar-refractivity contribution < 1.29 is 14.3 Å². The second kappa shape index (κ2) is 6.33. The first-order valence-electron chi connectivity index (χ1n) is 7.19. The van der Waals surface area contributed by atoms with E-state index in [1.54, 1.807) is 0 Å². The molecule has 0 saturated carbocycles. The Morgan fingerprint density at radius 1 is 1.16 bits per heavy atom. The van der Waals surface area contributed by atoms with Gasteiger partial charge in [-0.25, -0.2) is 4.79 Å². The third-order valence-electron chi connectivity index (χ3n) is 4.12. The van der Waals surface area contributed by atoms with E-state index in [-0.39, 0.29) is 12.3 Å². The van der Waals surface area contributed by atoms with Gasteiger partial charge in [-0.15, -0.1) is 0 Å². The second-order valence-corrected chi connectivity index (χ2v) is 6.59. The molecule has 19 heavy (non-hydrogen) atoms. The van der Waals surface area contributed by atoms with Crippen molar-refractivity contribution in [2.45, 2.75) is 31.6 Å². The van der Waals surface area contributed by atoms with Gasteiger partial charge in [0.1, 0.15) is 0 Å². The highest BCUT2D eigenvalue weighted by Crippen LogP contribution is 2.26. The highest BCUT2D eigenvalue weighted by molar-refractivity contribution is 7.99. The fourth-order valence-corrected chi connectivity index (χ4v) is 4.09. The van der Waals surface area contributed by atoms with E-state index in [0.29, 0.717) is 25.2 Å². The predicted molar refractivity (Wildman–Crippen MR) is 74.3 cm³/mol. The Balaban J connectivity index is 1.42. The van der Waals surface area contributed by atoms with Crippen LogP contribution < -0.4 is 5.32 Å². The van der Waals surface area contributed by atoms with Crippen molar-refractivity contribution >= 4 is 17.8 Å². The van der Waals surface area contributed by atoms with Gasteiger partial charge in [0.15, 0.2) is 6.29 Å². The van der Waals surface area contributed by atoms with Crippen molar-refractivity contribution in [1.82, 2.24) is 10.2 Å².